The molecule has 0 saturated carbocycles. The molecule has 0 spiro atoms. The van der Waals surface area contributed by atoms with E-state index < -0.39 is 22.0 Å². The molecule has 9 heteroatoms. The number of fused-ring (bicyclic) bond motifs is 3. The van der Waals surface area contributed by atoms with Gasteiger partial charge in [-0.15, -0.1) is 0 Å². The molecule has 27 heavy (non-hydrogen) atoms. The van der Waals surface area contributed by atoms with E-state index in [-0.39, 0.29) is 10.8 Å². The van der Waals surface area contributed by atoms with E-state index in [2.05, 4.69) is 25.4 Å². The number of carbonyl (C=O) groups excluding carboxylic acids is 1. The van der Waals surface area contributed by atoms with E-state index in [4.69, 9.17) is 10.2 Å². The molecule has 3 rings (SSSR count). The van der Waals surface area contributed by atoms with Crippen LogP contribution < -0.4 is 10.5 Å². The Bertz CT molecular complexity index is 1140. The Kier molecular flexibility index (Phi) is 5.20. The van der Waals surface area contributed by atoms with Crippen molar-refractivity contribution in [1.29, 1.82) is 0 Å². The van der Waals surface area contributed by atoms with Crippen LogP contribution in [0.3, 0.4) is 0 Å². The molecule has 0 bridgehead atoms. The highest BCUT2D eigenvalue weighted by atomic mass is 79.9. The lowest BCUT2D eigenvalue weighted by Crippen LogP contribution is -2.44. The first-order valence-electron chi connectivity index (χ1n) is 8.15. The van der Waals surface area contributed by atoms with E-state index in [0.29, 0.717) is 16.9 Å². The number of carbonyl (C=O) groups is 1. The number of nitrogens with two attached hydrogens (primary N) is 1. The van der Waals surface area contributed by atoms with Gasteiger partial charge in [-0.05, 0) is 40.0 Å². The number of hydrogen-bond donors (Lipinski definition) is 2. The molecule has 1 aromatic heterocycles. The number of esters is 1. The quantitative estimate of drug-likeness (QED) is 0.451. The fourth-order valence-electron chi connectivity index (χ4n) is 2.78. The van der Waals surface area contributed by atoms with Gasteiger partial charge in [0.2, 0.25) is 10.0 Å². The van der Waals surface area contributed by atoms with Crippen LogP contribution in [0.4, 0.5) is 5.69 Å². The molecule has 3 N–H and O–H groups in total. The number of methoxy groups -OCH3 is 1. The van der Waals surface area contributed by atoms with Crippen molar-refractivity contribution in [3.8, 4) is 0 Å². The minimum Gasteiger partial charge on any atom is -0.468 e. The van der Waals surface area contributed by atoms with Crippen LogP contribution in [0.15, 0.2) is 44.1 Å². The molecule has 1 heterocycles. The fourth-order valence-corrected chi connectivity index (χ4v) is 4.47. The molecule has 3 aromatic rings. The van der Waals surface area contributed by atoms with E-state index in [9.17, 15) is 13.2 Å². The van der Waals surface area contributed by atoms with E-state index in [1.807, 2.05) is 6.07 Å². The molecule has 0 aliphatic heterocycles. The Morgan fingerprint density at radius 2 is 1.85 bits per heavy atom. The van der Waals surface area contributed by atoms with Gasteiger partial charge in [-0.3, -0.25) is 4.79 Å². The second kappa shape index (κ2) is 7.14. The highest BCUT2D eigenvalue weighted by Crippen LogP contribution is 2.34. The third-order valence-electron chi connectivity index (χ3n) is 4.28. The van der Waals surface area contributed by atoms with Crippen LogP contribution in [-0.2, 0) is 19.6 Å². The molecule has 1 atom stereocenters. The summed E-state index contributed by atoms with van der Waals surface area (Å²) in [5.41, 5.74) is 7.36. The number of furan rings is 1. The average molecular weight is 455 g/mol. The van der Waals surface area contributed by atoms with Crippen molar-refractivity contribution in [1.82, 2.24) is 4.72 Å². The minimum atomic E-state index is -3.95. The highest BCUT2D eigenvalue weighted by Gasteiger charge is 2.29. The maximum absolute atomic E-state index is 12.7. The third kappa shape index (κ3) is 3.67. The molecule has 0 aliphatic carbocycles. The summed E-state index contributed by atoms with van der Waals surface area (Å²) in [6.07, 6.45) is 0. The van der Waals surface area contributed by atoms with Gasteiger partial charge in [-0.25, -0.2) is 8.42 Å². The zero-order chi connectivity index (χ0) is 19.9. The largest absolute Gasteiger partial charge is 0.468 e. The smallest absolute Gasteiger partial charge is 0.324 e. The van der Waals surface area contributed by atoms with Crippen LogP contribution in [0.2, 0.25) is 0 Å². The number of rotatable bonds is 5. The zero-order valence-corrected chi connectivity index (χ0v) is 17.3. The van der Waals surface area contributed by atoms with Crippen molar-refractivity contribution in [2.75, 3.05) is 12.8 Å². The number of nitrogens with one attached hydrogen (secondary N) is 1. The summed E-state index contributed by atoms with van der Waals surface area (Å²) in [7, 11) is -2.73. The highest BCUT2D eigenvalue weighted by molar-refractivity contribution is 9.10. The van der Waals surface area contributed by atoms with Crippen LogP contribution >= 0.6 is 15.9 Å². The normalized spacial score (nSPS) is 13.4. The van der Waals surface area contributed by atoms with Crippen molar-refractivity contribution in [3.63, 3.8) is 0 Å². The molecule has 2 aromatic carbocycles. The molecule has 0 aliphatic rings. The predicted molar refractivity (Wildman–Crippen MR) is 107 cm³/mol. The standard InChI is InChI=1S/C18H19BrN2O5S/c1-9(2)17(18(22)25-3)21-27(23,24)10-4-5-11-12-7-13(19)14(20)8-16(12)26-15(11)6-10/h4-9,17,21H,20H2,1-3H3/t17-/m0/s1. The van der Waals surface area contributed by atoms with Gasteiger partial charge in [0.1, 0.15) is 17.2 Å². The lowest BCUT2D eigenvalue weighted by Gasteiger charge is -2.19. The van der Waals surface area contributed by atoms with Crippen molar-refractivity contribution < 1.29 is 22.4 Å². The molecule has 0 fully saturated rings. The SMILES string of the molecule is COC(=O)[C@@H](NS(=O)(=O)c1ccc2c(c1)oc1cc(N)c(Br)cc12)C(C)C. The first-order chi connectivity index (χ1) is 12.6. The number of ether oxygens (including phenoxy) is 1. The second-order valence-corrected chi connectivity index (χ2v) is 9.06. The predicted octanol–water partition coefficient (Wildman–Crippen LogP) is 3.41. The van der Waals surface area contributed by atoms with Crippen LogP contribution in [0.5, 0.6) is 0 Å². The monoisotopic (exact) mass is 454 g/mol. The number of nitrogen functional groups attached to an aromatic ring is 1. The Morgan fingerprint density at radius 1 is 1.19 bits per heavy atom. The number of anilines is 1. The molecule has 0 radical (unpaired) electrons. The first kappa shape index (κ1) is 19.7. The summed E-state index contributed by atoms with van der Waals surface area (Å²) in [6, 6.07) is 7.09. The molecular formula is C18H19BrN2O5S. The Labute approximate surface area is 165 Å². The molecule has 144 valence electrons. The molecule has 0 unspecified atom stereocenters. The zero-order valence-electron chi connectivity index (χ0n) is 14.9. The van der Waals surface area contributed by atoms with E-state index in [1.165, 1.54) is 19.2 Å². The first-order valence-corrected chi connectivity index (χ1v) is 10.4. The van der Waals surface area contributed by atoms with E-state index in [1.54, 1.807) is 26.0 Å². The lowest BCUT2D eigenvalue weighted by atomic mass is 10.1. The average Bonchev–Trinajstić information content (AvgIpc) is 2.95. The van der Waals surface area contributed by atoms with Crippen LogP contribution in [0.25, 0.3) is 21.9 Å². The topological polar surface area (TPSA) is 112 Å². The Balaban J connectivity index is 2.05. The number of sulfonamides is 1. The van der Waals surface area contributed by atoms with Crippen LogP contribution in [-0.4, -0.2) is 27.5 Å². The Hall–Kier alpha value is -2.10. The fraction of sp³-hybridized carbons (Fsp3) is 0.278. The summed E-state index contributed by atoms with van der Waals surface area (Å²) in [4.78, 5) is 11.9. The number of hydrogen-bond acceptors (Lipinski definition) is 6. The van der Waals surface area contributed by atoms with Gasteiger partial charge < -0.3 is 14.9 Å². The maximum Gasteiger partial charge on any atom is 0.324 e. The van der Waals surface area contributed by atoms with Crippen LogP contribution in [0.1, 0.15) is 13.8 Å². The van der Waals surface area contributed by atoms with Gasteiger partial charge in [0, 0.05) is 33.1 Å². The lowest BCUT2D eigenvalue weighted by molar-refractivity contribution is -0.143. The van der Waals surface area contributed by atoms with Gasteiger partial charge in [-0.1, -0.05) is 13.8 Å². The van der Waals surface area contributed by atoms with Crippen LogP contribution in [0, 0.1) is 5.92 Å². The van der Waals surface area contributed by atoms with Crippen molar-refractivity contribution in [3.05, 3.63) is 34.8 Å². The van der Waals surface area contributed by atoms with Gasteiger partial charge in [-0.2, -0.15) is 4.72 Å². The van der Waals surface area contributed by atoms with Gasteiger partial charge in [0.15, 0.2) is 0 Å². The van der Waals surface area contributed by atoms with Gasteiger partial charge >= 0.3 is 5.97 Å². The van der Waals surface area contributed by atoms with E-state index in [0.717, 1.165) is 15.2 Å². The summed E-state index contributed by atoms with van der Waals surface area (Å²) >= 11 is 3.38. The molecule has 7 nitrogen and oxygen atoms in total. The molecule has 0 saturated heterocycles. The minimum absolute atomic E-state index is 0.00403. The van der Waals surface area contributed by atoms with Crippen molar-refractivity contribution in [2.45, 2.75) is 24.8 Å². The van der Waals surface area contributed by atoms with Crippen molar-refractivity contribution >= 4 is 59.5 Å². The Morgan fingerprint density at radius 3 is 2.48 bits per heavy atom. The summed E-state index contributed by atoms with van der Waals surface area (Å²) < 4.78 is 39.1. The maximum atomic E-state index is 12.7. The number of halogens is 1. The number of benzene rings is 2. The van der Waals surface area contributed by atoms with Gasteiger partial charge in [0.25, 0.3) is 0 Å². The van der Waals surface area contributed by atoms with Crippen molar-refractivity contribution in [2.24, 2.45) is 5.92 Å². The molecule has 0 amide bonds. The molecular weight excluding hydrogens is 436 g/mol. The van der Waals surface area contributed by atoms with E-state index >= 15 is 0 Å². The van der Waals surface area contributed by atoms with Gasteiger partial charge in [0.05, 0.1) is 12.0 Å². The summed E-state index contributed by atoms with van der Waals surface area (Å²) in [5, 5.41) is 1.58. The summed E-state index contributed by atoms with van der Waals surface area (Å²) in [6.45, 7) is 3.46. The summed E-state index contributed by atoms with van der Waals surface area (Å²) in [5.74, 6) is -0.916. The third-order valence-corrected chi connectivity index (χ3v) is 6.40. The second-order valence-electron chi connectivity index (χ2n) is 6.50.